The fraction of sp³-hybridized carbons (Fsp3) is 0.625. The highest BCUT2D eigenvalue weighted by Gasteiger charge is 2.37. The monoisotopic (exact) mass is 456 g/mol. The molecule has 180 valence electrons. The van der Waals surface area contributed by atoms with Gasteiger partial charge >= 0.3 is 6.03 Å². The highest BCUT2D eigenvalue weighted by molar-refractivity contribution is 5.95. The smallest absolute Gasteiger partial charge is 0.322 e. The van der Waals surface area contributed by atoms with Gasteiger partial charge in [0.25, 0.3) is 0 Å². The molecule has 2 aliphatic rings. The lowest BCUT2D eigenvalue weighted by molar-refractivity contribution is 0.169. The molecule has 0 atom stereocenters. The molecule has 0 aliphatic carbocycles. The Morgan fingerprint density at radius 1 is 1.15 bits per heavy atom. The molecule has 9 nitrogen and oxygen atoms in total. The van der Waals surface area contributed by atoms with Crippen molar-refractivity contribution in [2.45, 2.75) is 52.0 Å². The predicted octanol–water partition coefficient (Wildman–Crippen LogP) is 3.50. The van der Waals surface area contributed by atoms with Crippen LogP contribution in [0.2, 0.25) is 0 Å². The molecule has 0 bridgehead atoms. The van der Waals surface area contributed by atoms with Crippen LogP contribution in [0.25, 0.3) is 0 Å². The van der Waals surface area contributed by atoms with E-state index in [0.717, 1.165) is 56.2 Å². The van der Waals surface area contributed by atoms with E-state index in [-0.39, 0.29) is 11.4 Å². The van der Waals surface area contributed by atoms with Crippen molar-refractivity contribution < 1.29 is 14.1 Å². The Morgan fingerprint density at radius 2 is 1.85 bits per heavy atom. The lowest BCUT2D eigenvalue weighted by Crippen LogP contribution is -2.49. The molecule has 0 saturated carbocycles. The molecule has 4 rings (SSSR count). The van der Waals surface area contributed by atoms with Gasteiger partial charge in [0.2, 0.25) is 5.89 Å². The Morgan fingerprint density at radius 3 is 2.42 bits per heavy atom. The van der Waals surface area contributed by atoms with Gasteiger partial charge in [0.15, 0.2) is 5.82 Å². The van der Waals surface area contributed by atoms with Gasteiger partial charge < -0.3 is 24.4 Å². The standard InChI is InChI=1S/C24H36N6O3/c1-17(2)28-13-15-29(16-14-28)19-7-6-8-20(32-5)21(19)26-23(31)30-11-9-24(4,10-12-30)22-25-18(3)33-27-22/h6-8,17H,9-16H2,1-5H3,(H,26,31). The maximum absolute atomic E-state index is 13.2. The Hall–Kier alpha value is -2.81. The number of amides is 2. The van der Waals surface area contributed by atoms with Crippen molar-refractivity contribution in [1.29, 1.82) is 0 Å². The van der Waals surface area contributed by atoms with E-state index in [9.17, 15) is 4.79 Å². The highest BCUT2D eigenvalue weighted by Crippen LogP contribution is 2.37. The molecule has 33 heavy (non-hydrogen) atoms. The number of aromatic nitrogens is 2. The summed E-state index contributed by atoms with van der Waals surface area (Å²) in [6.45, 7) is 13.5. The van der Waals surface area contributed by atoms with Crippen LogP contribution in [0.15, 0.2) is 22.7 Å². The topological polar surface area (TPSA) is 87.0 Å². The van der Waals surface area contributed by atoms with Crippen LogP contribution < -0.4 is 15.0 Å². The van der Waals surface area contributed by atoms with E-state index < -0.39 is 0 Å². The van der Waals surface area contributed by atoms with Gasteiger partial charge in [0.05, 0.1) is 12.8 Å². The fourth-order valence-corrected chi connectivity index (χ4v) is 4.72. The molecule has 9 heteroatoms. The van der Waals surface area contributed by atoms with Gasteiger partial charge in [-0.2, -0.15) is 4.98 Å². The third-order valence-corrected chi connectivity index (χ3v) is 7.06. The van der Waals surface area contributed by atoms with Gasteiger partial charge in [-0.05, 0) is 38.8 Å². The van der Waals surface area contributed by atoms with Crippen LogP contribution in [0, 0.1) is 6.92 Å². The molecule has 0 spiro atoms. The quantitative estimate of drug-likeness (QED) is 0.737. The molecule has 2 aromatic rings. The van der Waals surface area contributed by atoms with Gasteiger partial charge in [-0.1, -0.05) is 18.1 Å². The number of rotatable bonds is 5. The Balaban J connectivity index is 1.45. The summed E-state index contributed by atoms with van der Waals surface area (Å²) in [7, 11) is 1.64. The van der Waals surface area contributed by atoms with Crippen molar-refractivity contribution in [1.82, 2.24) is 19.9 Å². The largest absolute Gasteiger partial charge is 0.494 e. The number of nitrogens with zero attached hydrogens (tertiary/aromatic N) is 5. The number of piperazine rings is 1. The second-order valence-electron chi connectivity index (χ2n) is 9.59. The highest BCUT2D eigenvalue weighted by atomic mass is 16.5. The first kappa shape index (κ1) is 23.4. The van der Waals surface area contributed by atoms with Crippen LogP contribution in [0.5, 0.6) is 5.75 Å². The molecular formula is C24H36N6O3. The summed E-state index contributed by atoms with van der Waals surface area (Å²) in [5, 5.41) is 7.28. The number of methoxy groups -OCH3 is 1. The molecule has 1 aromatic heterocycles. The van der Waals surface area contributed by atoms with Crippen LogP contribution in [0.4, 0.5) is 16.2 Å². The Kier molecular flexibility index (Phi) is 6.78. The van der Waals surface area contributed by atoms with Gasteiger partial charge in [-0.15, -0.1) is 0 Å². The lowest BCUT2D eigenvalue weighted by Gasteiger charge is -2.39. The van der Waals surface area contributed by atoms with E-state index in [1.54, 1.807) is 14.0 Å². The number of hydrogen-bond donors (Lipinski definition) is 1. The van der Waals surface area contributed by atoms with Crippen molar-refractivity contribution in [2.24, 2.45) is 0 Å². The molecule has 2 aliphatic heterocycles. The number of anilines is 2. The first-order valence-electron chi connectivity index (χ1n) is 11.8. The maximum Gasteiger partial charge on any atom is 0.322 e. The summed E-state index contributed by atoms with van der Waals surface area (Å²) in [5.74, 6) is 1.98. The predicted molar refractivity (Wildman–Crippen MR) is 128 cm³/mol. The minimum absolute atomic E-state index is 0.104. The molecule has 2 saturated heterocycles. The Bertz CT molecular complexity index is 959. The zero-order valence-electron chi connectivity index (χ0n) is 20.4. The number of ether oxygens (including phenoxy) is 1. The average molecular weight is 457 g/mol. The number of para-hydroxylation sites is 1. The van der Waals surface area contributed by atoms with E-state index in [4.69, 9.17) is 9.26 Å². The first-order chi connectivity index (χ1) is 15.8. The van der Waals surface area contributed by atoms with Gasteiger partial charge in [0.1, 0.15) is 11.4 Å². The van der Waals surface area contributed by atoms with Crippen LogP contribution in [-0.2, 0) is 5.41 Å². The van der Waals surface area contributed by atoms with E-state index in [1.807, 2.05) is 17.0 Å². The van der Waals surface area contributed by atoms with Gasteiger partial charge in [-0.3, -0.25) is 4.90 Å². The molecular weight excluding hydrogens is 420 g/mol. The molecule has 2 fully saturated rings. The zero-order chi connectivity index (χ0) is 23.6. The van der Waals surface area contributed by atoms with E-state index in [0.29, 0.717) is 30.8 Å². The maximum atomic E-state index is 13.2. The second-order valence-corrected chi connectivity index (χ2v) is 9.59. The summed E-state index contributed by atoms with van der Waals surface area (Å²) < 4.78 is 10.8. The van der Waals surface area contributed by atoms with E-state index >= 15 is 0 Å². The molecule has 3 heterocycles. The summed E-state index contributed by atoms with van der Waals surface area (Å²) in [6, 6.07) is 6.38. The number of carbonyl (C=O) groups is 1. The third-order valence-electron chi connectivity index (χ3n) is 7.06. The average Bonchev–Trinajstić information content (AvgIpc) is 3.27. The number of nitrogens with one attached hydrogen (secondary N) is 1. The van der Waals surface area contributed by atoms with E-state index in [1.165, 1.54) is 0 Å². The molecule has 0 radical (unpaired) electrons. The van der Waals surface area contributed by atoms with Gasteiger partial charge in [0, 0.05) is 57.6 Å². The van der Waals surface area contributed by atoms with Gasteiger partial charge in [-0.25, -0.2) is 4.79 Å². The first-order valence-corrected chi connectivity index (χ1v) is 11.8. The summed E-state index contributed by atoms with van der Waals surface area (Å²) in [5.41, 5.74) is 1.57. The number of aryl methyl sites for hydroxylation is 1. The van der Waals surface area contributed by atoms with E-state index in [2.05, 4.69) is 52.1 Å². The van der Waals surface area contributed by atoms with Crippen LogP contribution in [-0.4, -0.2) is 78.4 Å². The molecule has 1 N–H and O–H groups in total. The molecule has 1 aromatic carbocycles. The SMILES string of the molecule is COc1cccc(N2CCN(C(C)C)CC2)c1NC(=O)N1CCC(C)(c2noc(C)n2)CC1. The number of carbonyl (C=O) groups excluding carboxylic acids is 1. The zero-order valence-corrected chi connectivity index (χ0v) is 20.4. The summed E-state index contributed by atoms with van der Waals surface area (Å²) in [6.07, 6.45) is 1.57. The fourth-order valence-electron chi connectivity index (χ4n) is 4.72. The van der Waals surface area contributed by atoms with Crippen LogP contribution in [0.3, 0.4) is 0 Å². The van der Waals surface area contributed by atoms with Crippen molar-refractivity contribution in [3.63, 3.8) is 0 Å². The molecule has 2 amide bonds. The number of benzene rings is 1. The number of urea groups is 1. The minimum Gasteiger partial charge on any atom is -0.494 e. The van der Waals surface area contributed by atoms with Crippen LogP contribution >= 0.6 is 0 Å². The second kappa shape index (κ2) is 9.59. The van der Waals surface area contributed by atoms with Crippen molar-refractivity contribution in [2.75, 3.05) is 56.6 Å². The minimum atomic E-state index is -0.180. The van der Waals surface area contributed by atoms with Crippen molar-refractivity contribution in [3.8, 4) is 5.75 Å². The number of piperidine rings is 1. The normalized spacial score (nSPS) is 19.1. The van der Waals surface area contributed by atoms with Crippen LogP contribution in [0.1, 0.15) is 45.3 Å². The summed E-state index contributed by atoms with van der Waals surface area (Å²) >= 11 is 0. The number of likely N-dealkylation sites (tertiary alicyclic amines) is 1. The Labute approximate surface area is 196 Å². The van der Waals surface area contributed by atoms with Crippen molar-refractivity contribution in [3.05, 3.63) is 29.9 Å². The molecule has 0 unspecified atom stereocenters. The number of hydrogen-bond acceptors (Lipinski definition) is 7. The lowest BCUT2D eigenvalue weighted by atomic mass is 9.80. The van der Waals surface area contributed by atoms with Crippen molar-refractivity contribution >= 4 is 17.4 Å². The summed E-state index contributed by atoms with van der Waals surface area (Å²) in [4.78, 5) is 24.3. The third kappa shape index (κ3) is 4.93.